The van der Waals surface area contributed by atoms with Crippen LogP contribution in [0, 0.1) is 5.92 Å². The third kappa shape index (κ3) is 2.91. The maximum Gasteiger partial charge on any atom is 0.341 e. The Labute approximate surface area is 106 Å². The predicted octanol–water partition coefficient (Wildman–Crippen LogP) is 1.27. The van der Waals surface area contributed by atoms with Crippen molar-refractivity contribution in [1.29, 1.82) is 0 Å². The van der Waals surface area contributed by atoms with Crippen molar-refractivity contribution in [1.82, 2.24) is 4.90 Å². The maximum atomic E-state index is 11.5. The molecule has 0 amide bonds. The molecule has 1 aromatic rings. The van der Waals surface area contributed by atoms with Gasteiger partial charge in [0.1, 0.15) is 11.3 Å². The third-order valence-corrected chi connectivity index (χ3v) is 3.43. The van der Waals surface area contributed by atoms with Crippen LogP contribution in [0.1, 0.15) is 29.0 Å². The van der Waals surface area contributed by atoms with Gasteiger partial charge in [0.05, 0.1) is 19.9 Å². The van der Waals surface area contributed by atoms with E-state index in [-0.39, 0.29) is 12.6 Å². The van der Waals surface area contributed by atoms with Crippen LogP contribution in [-0.2, 0) is 11.3 Å². The minimum absolute atomic E-state index is 0.243. The minimum atomic E-state index is -0.357. The lowest BCUT2D eigenvalue weighted by Crippen LogP contribution is -2.21. The number of aliphatic hydroxyl groups excluding tert-OH is 1. The van der Waals surface area contributed by atoms with Crippen LogP contribution < -0.4 is 0 Å². The summed E-state index contributed by atoms with van der Waals surface area (Å²) in [7, 11) is 1.37. The average molecular weight is 253 g/mol. The summed E-state index contributed by atoms with van der Waals surface area (Å²) in [4.78, 5) is 13.7. The lowest BCUT2D eigenvalue weighted by Gasteiger charge is -2.14. The van der Waals surface area contributed by atoms with Crippen molar-refractivity contribution >= 4 is 5.97 Å². The Morgan fingerprint density at radius 3 is 3.22 bits per heavy atom. The lowest BCUT2D eigenvalue weighted by atomic mass is 10.1. The van der Waals surface area contributed by atoms with E-state index in [1.165, 1.54) is 13.4 Å². The number of carbonyl (C=O) groups excluding carboxylic acids is 1. The number of nitrogens with zero attached hydrogens (tertiary/aromatic N) is 1. The fraction of sp³-hybridized carbons (Fsp3) is 0.615. The third-order valence-electron chi connectivity index (χ3n) is 3.43. The van der Waals surface area contributed by atoms with Gasteiger partial charge in [-0.1, -0.05) is 0 Å². The van der Waals surface area contributed by atoms with Gasteiger partial charge in [-0.2, -0.15) is 0 Å². The molecule has 100 valence electrons. The predicted molar refractivity (Wildman–Crippen MR) is 65.1 cm³/mol. The molecule has 5 heteroatoms. The Kier molecular flexibility index (Phi) is 4.38. The first kappa shape index (κ1) is 13.1. The van der Waals surface area contributed by atoms with Gasteiger partial charge >= 0.3 is 5.97 Å². The molecule has 1 saturated heterocycles. The largest absolute Gasteiger partial charge is 0.467 e. The number of hydrogen-bond donors (Lipinski definition) is 1. The van der Waals surface area contributed by atoms with Gasteiger partial charge < -0.3 is 14.3 Å². The lowest BCUT2D eigenvalue weighted by molar-refractivity contribution is 0.0596. The number of aliphatic hydroxyl groups is 1. The highest BCUT2D eigenvalue weighted by atomic mass is 16.5. The Hall–Kier alpha value is -1.33. The molecule has 1 atom stereocenters. The van der Waals surface area contributed by atoms with E-state index < -0.39 is 0 Å². The summed E-state index contributed by atoms with van der Waals surface area (Å²) in [5, 5.41) is 8.92. The highest BCUT2D eigenvalue weighted by Crippen LogP contribution is 2.22. The number of furan rings is 1. The van der Waals surface area contributed by atoms with Crippen molar-refractivity contribution in [3.63, 3.8) is 0 Å². The second-order valence-corrected chi connectivity index (χ2v) is 4.65. The second kappa shape index (κ2) is 6.02. The van der Waals surface area contributed by atoms with E-state index in [1.807, 2.05) is 0 Å². The van der Waals surface area contributed by atoms with Gasteiger partial charge in [0, 0.05) is 13.2 Å². The van der Waals surface area contributed by atoms with Crippen molar-refractivity contribution in [2.75, 3.05) is 26.8 Å². The molecule has 2 rings (SSSR count). The molecule has 1 aliphatic rings. The zero-order chi connectivity index (χ0) is 13.0. The van der Waals surface area contributed by atoms with Crippen LogP contribution in [0.15, 0.2) is 16.7 Å². The summed E-state index contributed by atoms with van der Waals surface area (Å²) >= 11 is 0. The number of esters is 1. The quantitative estimate of drug-likeness (QED) is 0.801. The molecule has 0 saturated carbocycles. The number of ether oxygens (including phenoxy) is 1. The van der Waals surface area contributed by atoms with E-state index in [4.69, 9.17) is 14.3 Å². The molecule has 1 fully saturated rings. The molecular formula is C13H19NO4. The molecule has 1 aromatic heterocycles. The normalized spacial score (nSPS) is 20.2. The topological polar surface area (TPSA) is 62.9 Å². The summed E-state index contributed by atoms with van der Waals surface area (Å²) in [6.45, 7) is 2.79. The Bertz CT molecular complexity index is 401. The van der Waals surface area contributed by atoms with Crippen molar-refractivity contribution in [2.24, 2.45) is 5.92 Å². The fourth-order valence-electron chi connectivity index (χ4n) is 2.43. The van der Waals surface area contributed by atoms with E-state index in [2.05, 4.69) is 4.90 Å². The molecule has 18 heavy (non-hydrogen) atoms. The molecule has 1 aliphatic heterocycles. The molecule has 0 aromatic carbocycles. The minimum Gasteiger partial charge on any atom is -0.467 e. The van der Waals surface area contributed by atoms with E-state index in [1.54, 1.807) is 6.07 Å². The molecule has 1 N–H and O–H groups in total. The van der Waals surface area contributed by atoms with Crippen LogP contribution in [0.4, 0.5) is 0 Å². The summed E-state index contributed by atoms with van der Waals surface area (Å²) < 4.78 is 10.1. The number of rotatable bonds is 5. The summed E-state index contributed by atoms with van der Waals surface area (Å²) in [5.74, 6) is 0.850. The molecule has 2 heterocycles. The number of methoxy groups -OCH3 is 1. The van der Waals surface area contributed by atoms with Crippen LogP contribution in [-0.4, -0.2) is 42.8 Å². The van der Waals surface area contributed by atoms with Gasteiger partial charge in [-0.25, -0.2) is 4.79 Å². The zero-order valence-corrected chi connectivity index (χ0v) is 10.6. The van der Waals surface area contributed by atoms with E-state index in [0.29, 0.717) is 23.8 Å². The van der Waals surface area contributed by atoms with Gasteiger partial charge in [-0.15, -0.1) is 0 Å². The highest BCUT2D eigenvalue weighted by Gasteiger charge is 2.24. The van der Waals surface area contributed by atoms with Gasteiger partial charge in [-0.3, -0.25) is 4.90 Å². The smallest absolute Gasteiger partial charge is 0.341 e. The van der Waals surface area contributed by atoms with Crippen LogP contribution in [0.2, 0.25) is 0 Å². The summed E-state index contributed by atoms with van der Waals surface area (Å²) in [5.41, 5.74) is 0.503. The van der Waals surface area contributed by atoms with Gasteiger partial charge in [0.2, 0.25) is 0 Å². The van der Waals surface area contributed by atoms with Crippen LogP contribution in [0.5, 0.6) is 0 Å². The van der Waals surface area contributed by atoms with Crippen molar-refractivity contribution < 1.29 is 19.1 Å². The summed E-state index contributed by atoms with van der Waals surface area (Å²) in [6, 6.07) is 1.64. The molecular weight excluding hydrogens is 234 g/mol. The number of hydrogen-bond acceptors (Lipinski definition) is 5. The van der Waals surface area contributed by atoms with Crippen molar-refractivity contribution in [2.45, 2.75) is 19.4 Å². The van der Waals surface area contributed by atoms with Gasteiger partial charge in [-0.05, 0) is 31.4 Å². The van der Waals surface area contributed by atoms with Crippen LogP contribution >= 0.6 is 0 Å². The fourth-order valence-corrected chi connectivity index (χ4v) is 2.43. The maximum absolute atomic E-state index is 11.5. The first-order valence-electron chi connectivity index (χ1n) is 6.22. The molecule has 5 nitrogen and oxygen atoms in total. The SMILES string of the molecule is COC(=O)c1ccoc1CN1CCC(CCO)C1. The van der Waals surface area contributed by atoms with Crippen LogP contribution in [0.25, 0.3) is 0 Å². The van der Waals surface area contributed by atoms with Crippen molar-refractivity contribution in [3.8, 4) is 0 Å². The van der Waals surface area contributed by atoms with Gasteiger partial charge in [0.25, 0.3) is 0 Å². The molecule has 0 radical (unpaired) electrons. The second-order valence-electron chi connectivity index (χ2n) is 4.65. The average Bonchev–Trinajstić information content (AvgIpc) is 2.99. The highest BCUT2D eigenvalue weighted by molar-refractivity contribution is 5.90. The first-order chi connectivity index (χ1) is 8.74. The number of likely N-dealkylation sites (tertiary alicyclic amines) is 1. The van der Waals surface area contributed by atoms with Gasteiger partial charge in [0.15, 0.2) is 0 Å². The molecule has 1 unspecified atom stereocenters. The Morgan fingerprint density at radius 2 is 2.50 bits per heavy atom. The zero-order valence-electron chi connectivity index (χ0n) is 10.6. The summed E-state index contributed by atoms with van der Waals surface area (Å²) in [6.07, 6.45) is 3.45. The van der Waals surface area contributed by atoms with E-state index in [0.717, 1.165) is 25.9 Å². The Morgan fingerprint density at radius 1 is 1.67 bits per heavy atom. The molecule has 0 bridgehead atoms. The Balaban J connectivity index is 1.94. The first-order valence-corrected chi connectivity index (χ1v) is 6.22. The monoisotopic (exact) mass is 253 g/mol. The molecule has 0 spiro atoms. The van der Waals surface area contributed by atoms with E-state index in [9.17, 15) is 4.79 Å². The molecule has 0 aliphatic carbocycles. The number of carbonyl (C=O) groups is 1. The standard InChI is InChI=1S/C13H19NO4/c1-17-13(16)11-4-7-18-12(11)9-14-5-2-10(8-14)3-6-15/h4,7,10,15H,2-3,5-6,8-9H2,1H3. The van der Waals surface area contributed by atoms with E-state index >= 15 is 0 Å². The van der Waals surface area contributed by atoms with Crippen LogP contribution in [0.3, 0.4) is 0 Å². The van der Waals surface area contributed by atoms with Crippen molar-refractivity contribution in [3.05, 3.63) is 23.7 Å².